The first-order chi connectivity index (χ1) is 8.50. The van der Waals surface area contributed by atoms with E-state index in [-0.39, 0.29) is 0 Å². The largest absolute Gasteiger partial charge is 0.479 e. The summed E-state index contributed by atoms with van der Waals surface area (Å²) in [6.45, 7) is 1.47. The number of carbonyl (C=O) groups is 1. The van der Waals surface area contributed by atoms with Gasteiger partial charge in [-0.3, -0.25) is 4.98 Å². The van der Waals surface area contributed by atoms with Crippen molar-refractivity contribution in [3.8, 4) is 5.75 Å². The highest BCUT2D eigenvalue weighted by Gasteiger charge is 2.18. The van der Waals surface area contributed by atoms with Gasteiger partial charge in [-0.15, -0.1) is 0 Å². The monoisotopic (exact) mass is 377 g/mol. The molecule has 2 rings (SSSR count). The van der Waals surface area contributed by atoms with Crippen LogP contribution in [0.1, 0.15) is 6.92 Å². The fourth-order valence-electron chi connectivity index (χ4n) is 1.49. The molecule has 2 aromatic rings. The van der Waals surface area contributed by atoms with Crippen LogP contribution in [0.5, 0.6) is 5.75 Å². The summed E-state index contributed by atoms with van der Waals surface area (Å²) in [6, 6.07) is 5.32. The Balaban J connectivity index is 2.59. The molecule has 0 unspecified atom stereocenters. The molecule has 0 aliphatic heterocycles. The van der Waals surface area contributed by atoms with Gasteiger partial charge in [-0.1, -0.05) is 11.6 Å². The van der Waals surface area contributed by atoms with Crippen LogP contribution in [-0.4, -0.2) is 22.2 Å². The molecular formula is C12H9ClINO3. The Labute approximate surface area is 122 Å². The van der Waals surface area contributed by atoms with Gasteiger partial charge in [0.2, 0.25) is 0 Å². The normalized spacial score (nSPS) is 12.4. The Hall–Kier alpha value is -1.08. The second-order valence-electron chi connectivity index (χ2n) is 3.67. The van der Waals surface area contributed by atoms with Crippen LogP contribution >= 0.6 is 34.2 Å². The molecule has 0 bridgehead atoms. The van der Waals surface area contributed by atoms with Crippen LogP contribution in [0.3, 0.4) is 0 Å². The van der Waals surface area contributed by atoms with Gasteiger partial charge in [0, 0.05) is 11.6 Å². The quantitative estimate of drug-likeness (QED) is 0.834. The average molecular weight is 378 g/mol. The highest BCUT2D eigenvalue weighted by Crippen LogP contribution is 2.35. The van der Waals surface area contributed by atoms with Crippen LogP contribution in [0, 0.1) is 3.57 Å². The van der Waals surface area contributed by atoms with Crippen LogP contribution in [-0.2, 0) is 4.79 Å². The minimum atomic E-state index is -1.02. The molecule has 0 fully saturated rings. The van der Waals surface area contributed by atoms with Crippen molar-refractivity contribution in [1.29, 1.82) is 0 Å². The van der Waals surface area contributed by atoms with Gasteiger partial charge < -0.3 is 9.84 Å². The summed E-state index contributed by atoms with van der Waals surface area (Å²) in [4.78, 5) is 15.1. The van der Waals surface area contributed by atoms with Gasteiger partial charge in [0.25, 0.3) is 0 Å². The third-order valence-corrected chi connectivity index (χ3v) is 3.51. The number of benzene rings is 1. The molecule has 4 nitrogen and oxygen atoms in total. The zero-order chi connectivity index (χ0) is 13.3. The summed E-state index contributed by atoms with van der Waals surface area (Å²) in [5.74, 6) is -0.574. The number of fused-ring (bicyclic) bond motifs is 1. The van der Waals surface area contributed by atoms with E-state index in [9.17, 15) is 4.79 Å². The number of rotatable bonds is 3. The maximum atomic E-state index is 10.8. The van der Waals surface area contributed by atoms with Crippen molar-refractivity contribution < 1.29 is 14.6 Å². The van der Waals surface area contributed by atoms with Crippen LogP contribution in [0.25, 0.3) is 10.9 Å². The number of pyridine rings is 1. The summed E-state index contributed by atoms with van der Waals surface area (Å²) >= 11 is 8.17. The van der Waals surface area contributed by atoms with Crippen molar-refractivity contribution in [3.63, 3.8) is 0 Å². The highest BCUT2D eigenvalue weighted by atomic mass is 127. The van der Waals surface area contributed by atoms with E-state index >= 15 is 0 Å². The second-order valence-corrected chi connectivity index (χ2v) is 5.24. The van der Waals surface area contributed by atoms with Crippen molar-refractivity contribution in [3.05, 3.63) is 33.0 Å². The Bertz CT molecular complexity index is 618. The number of hydrogen-bond acceptors (Lipinski definition) is 3. The van der Waals surface area contributed by atoms with E-state index in [1.165, 1.54) is 6.92 Å². The Morgan fingerprint density at radius 1 is 1.61 bits per heavy atom. The first-order valence-electron chi connectivity index (χ1n) is 5.13. The van der Waals surface area contributed by atoms with Crippen LogP contribution in [0.4, 0.5) is 0 Å². The molecule has 0 amide bonds. The third kappa shape index (κ3) is 2.51. The number of nitrogens with zero attached hydrogens (tertiary/aromatic N) is 1. The summed E-state index contributed by atoms with van der Waals surface area (Å²) in [5.41, 5.74) is 0.572. The molecule has 0 saturated carbocycles. The van der Waals surface area contributed by atoms with Gasteiger partial charge in [0.1, 0.15) is 5.52 Å². The van der Waals surface area contributed by atoms with Gasteiger partial charge in [0.15, 0.2) is 11.9 Å². The molecule has 0 radical (unpaired) electrons. The van der Waals surface area contributed by atoms with E-state index in [0.29, 0.717) is 16.3 Å². The van der Waals surface area contributed by atoms with Crippen molar-refractivity contribution in [2.75, 3.05) is 0 Å². The number of halogens is 2. The molecular weight excluding hydrogens is 368 g/mol. The van der Waals surface area contributed by atoms with Gasteiger partial charge >= 0.3 is 5.97 Å². The summed E-state index contributed by atoms with van der Waals surface area (Å²) in [6.07, 6.45) is 0.678. The van der Waals surface area contributed by atoms with E-state index in [1.807, 2.05) is 28.7 Å². The Kier molecular flexibility index (Phi) is 3.91. The molecule has 6 heteroatoms. The van der Waals surface area contributed by atoms with Crippen LogP contribution in [0.2, 0.25) is 5.02 Å². The first-order valence-corrected chi connectivity index (χ1v) is 6.58. The number of ether oxygens (including phenoxy) is 1. The third-order valence-electron chi connectivity index (χ3n) is 2.39. The molecule has 0 aliphatic rings. The van der Waals surface area contributed by atoms with Crippen LogP contribution < -0.4 is 4.74 Å². The highest BCUT2D eigenvalue weighted by molar-refractivity contribution is 14.1. The van der Waals surface area contributed by atoms with Crippen molar-refractivity contribution in [2.24, 2.45) is 0 Å². The fourth-order valence-corrected chi connectivity index (χ4v) is 2.63. The maximum absolute atomic E-state index is 10.8. The minimum absolute atomic E-state index is 0.450. The second kappa shape index (κ2) is 5.27. The zero-order valence-electron chi connectivity index (χ0n) is 9.35. The number of hydrogen-bond donors (Lipinski definition) is 1. The average Bonchev–Trinajstić information content (AvgIpc) is 2.34. The Morgan fingerprint density at radius 3 is 3.00 bits per heavy atom. The van der Waals surface area contributed by atoms with E-state index in [2.05, 4.69) is 4.98 Å². The van der Waals surface area contributed by atoms with Gasteiger partial charge in [0.05, 0.1) is 8.59 Å². The summed E-state index contributed by atoms with van der Waals surface area (Å²) in [5, 5.41) is 10.2. The lowest BCUT2D eigenvalue weighted by atomic mass is 10.2. The maximum Gasteiger partial charge on any atom is 0.344 e. The van der Waals surface area contributed by atoms with E-state index in [0.717, 1.165) is 8.96 Å². The predicted octanol–water partition coefficient (Wildman–Crippen LogP) is 3.34. The SMILES string of the molecule is C[C@H](Oc1c(I)cc(Cl)c2cccnc12)C(=O)O. The zero-order valence-corrected chi connectivity index (χ0v) is 12.3. The molecule has 18 heavy (non-hydrogen) atoms. The number of aromatic nitrogens is 1. The molecule has 0 aliphatic carbocycles. The molecule has 1 aromatic carbocycles. The van der Waals surface area contributed by atoms with E-state index in [4.69, 9.17) is 21.4 Å². The van der Waals surface area contributed by atoms with Crippen molar-refractivity contribution >= 4 is 51.1 Å². The van der Waals surface area contributed by atoms with E-state index < -0.39 is 12.1 Å². The van der Waals surface area contributed by atoms with Crippen molar-refractivity contribution in [2.45, 2.75) is 13.0 Å². The molecule has 1 aromatic heterocycles. The standard InChI is InChI=1S/C12H9ClINO3/c1-6(12(16)17)18-11-9(14)5-8(13)7-3-2-4-15-10(7)11/h2-6H,1H3,(H,16,17)/t6-/m0/s1. The lowest BCUT2D eigenvalue weighted by Crippen LogP contribution is -2.23. The summed E-state index contributed by atoms with van der Waals surface area (Å²) in [7, 11) is 0. The topological polar surface area (TPSA) is 59.4 Å². The number of aliphatic carboxylic acids is 1. The fraction of sp³-hybridized carbons (Fsp3) is 0.167. The summed E-state index contributed by atoms with van der Waals surface area (Å²) < 4.78 is 6.18. The van der Waals surface area contributed by atoms with Gasteiger partial charge in [-0.25, -0.2) is 4.79 Å². The van der Waals surface area contributed by atoms with Gasteiger partial charge in [-0.05, 0) is 47.7 Å². The number of carboxylic acids is 1. The minimum Gasteiger partial charge on any atom is -0.479 e. The molecule has 1 N–H and O–H groups in total. The first kappa shape index (κ1) is 13.4. The van der Waals surface area contributed by atoms with Crippen LogP contribution in [0.15, 0.2) is 24.4 Å². The molecule has 1 heterocycles. The molecule has 1 atom stereocenters. The predicted molar refractivity (Wildman–Crippen MR) is 77.2 cm³/mol. The van der Waals surface area contributed by atoms with E-state index in [1.54, 1.807) is 18.3 Å². The molecule has 0 saturated heterocycles. The lowest BCUT2D eigenvalue weighted by molar-refractivity contribution is -0.144. The number of carboxylic acid groups (broad SMARTS) is 1. The smallest absolute Gasteiger partial charge is 0.344 e. The lowest BCUT2D eigenvalue weighted by Gasteiger charge is -2.14. The molecule has 94 valence electrons. The van der Waals surface area contributed by atoms with Gasteiger partial charge in [-0.2, -0.15) is 0 Å². The Morgan fingerprint density at radius 2 is 2.33 bits per heavy atom. The molecule has 0 spiro atoms. The van der Waals surface area contributed by atoms with Crippen molar-refractivity contribution in [1.82, 2.24) is 4.98 Å².